The summed E-state index contributed by atoms with van der Waals surface area (Å²) in [4.78, 5) is 0. The zero-order valence-corrected chi connectivity index (χ0v) is 12.4. The lowest BCUT2D eigenvalue weighted by Crippen LogP contribution is -2.29. The fraction of sp³-hybridized carbons (Fsp3) is 0.769. The third-order valence-corrected chi connectivity index (χ3v) is 4.13. The van der Waals surface area contributed by atoms with E-state index in [0.29, 0.717) is 17.7 Å². The van der Waals surface area contributed by atoms with E-state index < -0.39 is 0 Å². The van der Waals surface area contributed by atoms with Crippen molar-refractivity contribution in [1.29, 1.82) is 0 Å². The standard InChI is InChI=1S/C13H22Cl2N2/c1-4-17-8-12(7-16-17)6-13(9-14,10-15)5-11(2)3/h7-8,11H,4-6,9-10H2,1-3H3. The number of hydrogen-bond donors (Lipinski definition) is 0. The summed E-state index contributed by atoms with van der Waals surface area (Å²) >= 11 is 12.3. The summed E-state index contributed by atoms with van der Waals surface area (Å²) < 4.78 is 1.94. The normalized spacial score (nSPS) is 12.4. The van der Waals surface area contributed by atoms with E-state index in [9.17, 15) is 0 Å². The van der Waals surface area contributed by atoms with Crippen LogP contribution in [0.25, 0.3) is 0 Å². The summed E-state index contributed by atoms with van der Waals surface area (Å²) in [5, 5.41) is 4.30. The van der Waals surface area contributed by atoms with Crippen LogP contribution in [0.3, 0.4) is 0 Å². The highest BCUT2D eigenvalue weighted by atomic mass is 35.5. The molecule has 17 heavy (non-hydrogen) atoms. The van der Waals surface area contributed by atoms with Crippen molar-refractivity contribution in [2.24, 2.45) is 11.3 Å². The smallest absolute Gasteiger partial charge is 0.0521 e. The fourth-order valence-electron chi connectivity index (χ4n) is 2.28. The van der Waals surface area contributed by atoms with Gasteiger partial charge < -0.3 is 0 Å². The SMILES string of the molecule is CCn1cc(CC(CCl)(CCl)CC(C)C)cn1. The molecule has 0 spiro atoms. The first-order valence-electron chi connectivity index (χ1n) is 6.18. The minimum absolute atomic E-state index is 0.00111. The predicted octanol–water partition coefficient (Wildman–Crippen LogP) is 3.96. The van der Waals surface area contributed by atoms with Crippen LogP contribution in [0, 0.1) is 11.3 Å². The summed E-state index contributed by atoms with van der Waals surface area (Å²) in [6, 6.07) is 0. The Morgan fingerprint density at radius 2 is 2.00 bits per heavy atom. The molecule has 4 heteroatoms. The van der Waals surface area contributed by atoms with Crippen LogP contribution in [0.2, 0.25) is 0 Å². The first kappa shape index (κ1) is 14.8. The highest BCUT2D eigenvalue weighted by molar-refractivity contribution is 6.21. The van der Waals surface area contributed by atoms with Gasteiger partial charge in [-0.25, -0.2) is 0 Å². The first-order valence-corrected chi connectivity index (χ1v) is 7.25. The van der Waals surface area contributed by atoms with Crippen LogP contribution in [0.5, 0.6) is 0 Å². The van der Waals surface area contributed by atoms with Gasteiger partial charge in [-0.3, -0.25) is 4.68 Å². The van der Waals surface area contributed by atoms with Crippen molar-refractivity contribution in [3.63, 3.8) is 0 Å². The maximum absolute atomic E-state index is 6.15. The zero-order chi connectivity index (χ0) is 12.9. The van der Waals surface area contributed by atoms with Gasteiger partial charge in [-0.05, 0) is 31.2 Å². The van der Waals surface area contributed by atoms with E-state index in [1.54, 1.807) is 0 Å². The third kappa shape index (κ3) is 4.18. The summed E-state index contributed by atoms with van der Waals surface area (Å²) in [7, 11) is 0. The van der Waals surface area contributed by atoms with Crippen LogP contribution in [-0.4, -0.2) is 21.5 Å². The molecule has 0 N–H and O–H groups in total. The van der Waals surface area contributed by atoms with Gasteiger partial charge in [0.1, 0.15) is 0 Å². The molecule has 1 aromatic rings. The Morgan fingerprint density at radius 1 is 1.35 bits per heavy atom. The van der Waals surface area contributed by atoms with E-state index in [-0.39, 0.29) is 5.41 Å². The van der Waals surface area contributed by atoms with E-state index in [1.165, 1.54) is 5.56 Å². The molecule has 1 aromatic heterocycles. The second kappa shape index (κ2) is 6.65. The van der Waals surface area contributed by atoms with Crippen molar-refractivity contribution in [3.05, 3.63) is 18.0 Å². The van der Waals surface area contributed by atoms with Gasteiger partial charge in [0.15, 0.2) is 0 Å². The molecule has 0 atom stereocenters. The minimum atomic E-state index is -0.00111. The van der Waals surface area contributed by atoms with Crippen LogP contribution in [0.4, 0.5) is 0 Å². The van der Waals surface area contributed by atoms with Crippen LogP contribution in [0.1, 0.15) is 32.8 Å². The lowest BCUT2D eigenvalue weighted by Gasteiger charge is -2.31. The quantitative estimate of drug-likeness (QED) is 0.690. The number of halogens is 2. The molecule has 0 aliphatic carbocycles. The molecule has 0 aromatic carbocycles. The van der Waals surface area contributed by atoms with Crippen molar-refractivity contribution < 1.29 is 0 Å². The molecular weight excluding hydrogens is 255 g/mol. The lowest BCUT2D eigenvalue weighted by atomic mass is 9.79. The molecular formula is C13H22Cl2N2. The molecule has 0 amide bonds. The number of aromatic nitrogens is 2. The Labute approximate surface area is 114 Å². The van der Waals surface area contributed by atoms with Crippen molar-refractivity contribution in [3.8, 4) is 0 Å². The Hall–Kier alpha value is -0.210. The van der Waals surface area contributed by atoms with Crippen molar-refractivity contribution >= 4 is 23.2 Å². The third-order valence-electron chi connectivity index (χ3n) is 3.00. The van der Waals surface area contributed by atoms with E-state index in [2.05, 4.69) is 32.1 Å². The second-order valence-electron chi connectivity index (χ2n) is 5.25. The summed E-state index contributed by atoms with van der Waals surface area (Å²) in [6.07, 6.45) is 5.99. The molecule has 1 heterocycles. The highest BCUT2D eigenvalue weighted by Gasteiger charge is 2.30. The van der Waals surface area contributed by atoms with E-state index >= 15 is 0 Å². The predicted molar refractivity (Wildman–Crippen MR) is 74.9 cm³/mol. The Kier molecular flexibility index (Phi) is 5.81. The number of hydrogen-bond acceptors (Lipinski definition) is 1. The Morgan fingerprint density at radius 3 is 2.41 bits per heavy atom. The molecule has 0 saturated carbocycles. The van der Waals surface area contributed by atoms with Crippen molar-refractivity contribution in [2.75, 3.05) is 11.8 Å². The molecule has 0 bridgehead atoms. The van der Waals surface area contributed by atoms with Gasteiger partial charge in [-0.1, -0.05) is 13.8 Å². The maximum atomic E-state index is 6.15. The molecule has 98 valence electrons. The molecule has 1 rings (SSSR count). The summed E-state index contributed by atoms with van der Waals surface area (Å²) in [5.41, 5.74) is 1.23. The minimum Gasteiger partial charge on any atom is -0.273 e. The summed E-state index contributed by atoms with van der Waals surface area (Å²) in [5.74, 6) is 1.81. The van der Waals surface area contributed by atoms with Crippen LogP contribution < -0.4 is 0 Å². The average Bonchev–Trinajstić information content (AvgIpc) is 2.75. The van der Waals surface area contributed by atoms with Gasteiger partial charge in [0.25, 0.3) is 0 Å². The van der Waals surface area contributed by atoms with Gasteiger partial charge >= 0.3 is 0 Å². The van der Waals surface area contributed by atoms with Gasteiger partial charge in [0, 0.05) is 29.9 Å². The second-order valence-corrected chi connectivity index (χ2v) is 5.78. The van der Waals surface area contributed by atoms with Crippen molar-refractivity contribution in [1.82, 2.24) is 9.78 Å². The fourth-order valence-corrected chi connectivity index (χ4v) is 2.97. The first-order chi connectivity index (χ1) is 8.05. The van der Waals surface area contributed by atoms with Crippen LogP contribution >= 0.6 is 23.2 Å². The van der Waals surface area contributed by atoms with Gasteiger partial charge in [0.2, 0.25) is 0 Å². The molecule has 0 radical (unpaired) electrons. The lowest BCUT2D eigenvalue weighted by molar-refractivity contribution is 0.295. The molecule has 0 saturated heterocycles. The Balaban J connectivity index is 2.78. The van der Waals surface area contributed by atoms with Crippen LogP contribution in [-0.2, 0) is 13.0 Å². The largest absolute Gasteiger partial charge is 0.273 e. The summed E-state index contributed by atoms with van der Waals surface area (Å²) in [6.45, 7) is 7.41. The van der Waals surface area contributed by atoms with Gasteiger partial charge in [-0.2, -0.15) is 5.10 Å². The van der Waals surface area contributed by atoms with E-state index in [1.807, 2.05) is 10.9 Å². The number of alkyl halides is 2. The van der Waals surface area contributed by atoms with Gasteiger partial charge in [0.05, 0.1) is 6.20 Å². The van der Waals surface area contributed by atoms with E-state index in [0.717, 1.165) is 19.4 Å². The molecule has 0 aliphatic rings. The number of aryl methyl sites for hydroxylation is 1. The van der Waals surface area contributed by atoms with Crippen molar-refractivity contribution in [2.45, 2.75) is 40.2 Å². The zero-order valence-electron chi connectivity index (χ0n) is 10.9. The monoisotopic (exact) mass is 276 g/mol. The topological polar surface area (TPSA) is 17.8 Å². The maximum Gasteiger partial charge on any atom is 0.0521 e. The van der Waals surface area contributed by atoms with Crippen LogP contribution in [0.15, 0.2) is 12.4 Å². The molecule has 2 nitrogen and oxygen atoms in total. The van der Waals surface area contributed by atoms with E-state index in [4.69, 9.17) is 23.2 Å². The molecule has 0 unspecified atom stereocenters. The number of nitrogens with zero attached hydrogens (tertiary/aromatic N) is 2. The highest BCUT2D eigenvalue weighted by Crippen LogP contribution is 2.33. The Bertz CT molecular complexity index is 330. The molecule has 0 fully saturated rings. The average molecular weight is 277 g/mol. The number of rotatable bonds is 7. The molecule has 0 aliphatic heterocycles. The van der Waals surface area contributed by atoms with Gasteiger partial charge in [-0.15, -0.1) is 23.2 Å².